The highest BCUT2D eigenvalue weighted by molar-refractivity contribution is 5.95. The smallest absolute Gasteiger partial charge is 0.406 e. The van der Waals surface area contributed by atoms with Gasteiger partial charge in [-0.15, -0.1) is 13.2 Å². The second-order valence-corrected chi connectivity index (χ2v) is 6.71. The molecule has 0 aliphatic carbocycles. The van der Waals surface area contributed by atoms with Crippen LogP contribution in [-0.4, -0.2) is 23.4 Å². The van der Waals surface area contributed by atoms with Crippen molar-refractivity contribution in [2.45, 2.75) is 39.6 Å². The largest absolute Gasteiger partial charge is 0.573 e. The predicted molar refractivity (Wildman–Crippen MR) is 92.1 cm³/mol. The maximum atomic E-state index is 12.5. The first-order chi connectivity index (χ1) is 12.2. The number of nitrogens with one attached hydrogen (secondary N) is 1. The van der Waals surface area contributed by atoms with Crippen LogP contribution in [-0.2, 0) is 6.42 Å². The van der Waals surface area contributed by atoms with Crippen molar-refractivity contribution in [3.05, 3.63) is 41.7 Å². The van der Waals surface area contributed by atoms with Gasteiger partial charge in [-0.3, -0.25) is 4.79 Å². The third-order valence-corrected chi connectivity index (χ3v) is 4.66. The monoisotopic (exact) mass is 366 g/mol. The van der Waals surface area contributed by atoms with Crippen LogP contribution in [0.1, 0.15) is 43.0 Å². The summed E-state index contributed by atoms with van der Waals surface area (Å²) in [5.74, 6) is -0.128. The van der Waals surface area contributed by atoms with E-state index in [2.05, 4.69) is 23.9 Å². The van der Waals surface area contributed by atoms with Gasteiger partial charge >= 0.3 is 6.36 Å². The van der Waals surface area contributed by atoms with E-state index in [4.69, 9.17) is 0 Å². The summed E-state index contributed by atoms with van der Waals surface area (Å²) >= 11 is 0. The molecular weight excluding hydrogens is 345 g/mol. The molecule has 26 heavy (non-hydrogen) atoms. The second-order valence-electron chi connectivity index (χ2n) is 6.71. The normalized spacial score (nSPS) is 17.2. The number of carbonyl (C=O) groups excluding carboxylic acids is 1. The van der Waals surface area contributed by atoms with E-state index < -0.39 is 6.36 Å². The molecule has 0 saturated heterocycles. The van der Waals surface area contributed by atoms with E-state index in [9.17, 15) is 18.0 Å². The molecule has 1 amide bonds. The highest BCUT2D eigenvalue weighted by atomic mass is 19.4. The Morgan fingerprint density at radius 2 is 2.04 bits per heavy atom. The molecule has 2 aromatic rings. The molecule has 1 aromatic carbocycles. The molecule has 0 spiro atoms. The fourth-order valence-corrected chi connectivity index (χ4v) is 3.50. The Balaban J connectivity index is 2.11. The van der Waals surface area contributed by atoms with Gasteiger partial charge in [0.05, 0.1) is 6.04 Å². The van der Waals surface area contributed by atoms with Gasteiger partial charge in [0.25, 0.3) is 5.91 Å². The van der Waals surface area contributed by atoms with Gasteiger partial charge in [-0.1, -0.05) is 32.9 Å². The summed E-state index contributed by atoms with van der Waals surface area (Å²) in [7, 11) is 0. The van der Waals surface area contributed by atoms with Crippen LogP contribution >= 0.6 is 0 Å². The van der Waals surface area contributed by atoms with Gasteiger partial charge in [0.1, 0.15) is 11.4 Å². The SMILES string of the molecule is CCc1c(-c2cccc(OC(F)(F)F)c2)cc2n1C(C(C)C)CNC2=O. The summed E-state index contributed by atoms with van der Waals surface area (Å²) in [4.78, 5) is 12.3. The van der Waals surface area contributed by atoms with Crippen molar-refractivity contribution in [2.75, 3.05) is 6.54 Å². The van der Waals surface area contributed by atoms with Gasteiger partial charge in [-0.2, -0.15) is 0 Å². The van der Waals surface area contributed by atoms with E-state index in [1.165, 1.54) is 18.2 Å². The number of benzene rings is 1. The summed E-state index contributed by atoms with van der Waals surface area (Å²) in [5.41, 5.74) is 2.85. The number of fused-ring (bicyclic) bond motifs is 1. The molecule has 1 aromatic heterocycles. The van der Waals surface area contributed by atoms with Crippen LogP contribution in [0.2, 0.25) is 0 Å². The Hall–Kier alpha value is -2.44. The Kier molecular flexibility index (Phi) is 4.73. The predicted octanol–water partition coefficient (Wildman–Crippen LogP) is 4.56. The average Bonchev–Trinajstić information content (AvgIpc) is 2.94. The fourth-order valence-electron chi connectivity index (χ4n) is 3.50. The molecule has 1 N–H and O–H groups in total. The lowest BCUT2D eigenvalue weighted by molar-refractivity contribution is -0.274. The first-order valence-electron chi connectivity index (χ1n) is 8.59. The molecule has 4 nitrogen and oxygen atoms in total. The van der Waals surface area contributed by atoms with Crippen molar-refractivity contribution in [2.24, 2.45) is 5.92 Å². The van der Waals surface area contributed by atoms with Crippen molar-refractivity contribution in [1.82, 2.24) is 9.88 Å². The number of ether oxygens (including phenoxy) is 1. The third kappa shape index (κ3) is 3.43. The first kappa shape index (κ1) is 18.4. The van der Waals surface area contributed by atoms with Gasteiger partial charge in [-0.25, -0.2) is 0 Å². The topological polar surface area (TPSA) is 43.3 Å². The average molecular weight is 366 g/mol. The maximum Gasteiger partial charge on any atom is 0.573 e. The van der Waals surface area contributed by atoms with Crippen LogP contribution in [0.15, 0.2) is 30.3 Å². The molecule has 0 saturated carbocycles. The fraction of sp³-hybridized carbons (Fsp3) is 0.421. The molecule has 0 bridgehead atoms. The molecule has 1 aliphatic heterocycles. The Morgan fingerprint density at radius 3 is 2.65 bits per heavy atom. The van der Waals surface area contributed by atoms with E-state index in [1.54, 1.807) is 12.1 Å². The molecule has 1 aliphatic rings. The van der Waals surface area contributed by atoms with E-state index in [-0.39, 0.29) is 17.7 Å². The van der Waals surface area contributed by atoms with Gasteiger partial charge in [0.15, 0.2) is 0 Å². The van der Waals surface area contributed by atoms with Crippen LogP contribution in [0.4, 0.5) is 13.2 Å². The lowest BCUT2D eigenvalue weighted by atomic mass is 10.0. The Morgan fingerprint density at radius 1 is 1.31 bits per heavy atom. The highest BCUT2D eigenvalue weighted by Crippen LogP contribution is 2.36. The van der Waals surface area contributed by atoms with Crippen molar-refractivity contribution in [3.63, 3.8) is 0 Å². The summed E-state index contributed by atoms with van der Waals surface area (Å²) in [6.07, 6.45) is -4.08. The molecular formula is C19H21F3N2O2. The van der Waals surface area contributed by atoms with Crippen molar-refractivity contribution in [3.8, 4) is 16.9 Å². The van der Waals surface area contributed by atoms with Gasteiger partial charge in [0.2, 0.25) is 0 Å². The summed E-state index contributed by atoms with van der Waals surface area (Å²) in [5, 5.41) is 2.89. The number of carbonyl (C=O) groups is 1. The molecule has 1 atom stereocenters. The standard InChI is InChI=1S/C19H21F3N2O2/c1-4-15-14(12-6-5-7-13(8-12)26-19(20,21)22)9-16-18(25)23-10-17(11(2)3)24(15)16/h5-9,11,17H,4,10H2,1-3H3,(H,23,25). The van der Waals surface area contributed by atoms with Crippen LogP contribution < -0.4 is 10.1 Å². The van der Waals surface area contributed by atoms with E-state index in [0.717, 1.165) is 11.3 Å². The number of hydrogen-bond donors (Lipinski definition) is 1. The first-order valence-corrected chi connectivity index (χ1v) is 8.59. The minimum atomic E-state index is -4.74. The minimum Gasteiger partial charge on any atom is -0.406 e. The highest BCUT2D eigenvalue weighted by Gasteiger charge is 2.32. The molecule has 2 heterocycles. The molecule has 7 heteroatoms. The van der Waals surface area contributed by atoms with Crippen LogP contribution in [0.25, 0.3) is 11.1 Å². The molecule has 140 valence electrons. The van der Waals surface area contributed by atoms with Gasteiger partial charge < -0.3 is 14.6 Å². The number of rotatable bonds is 4. The number of alkyl halides is 3. The van der Waals surface area contributed by atoms with Crippen molar-refractivity contribution < 1.29 is 22.7 Å². The second kappa shape index (κ2) is 6.70. The zero-order valence-electron chi connectivity index (χ0n) is 14.9. The number of amides is 1. The number of hydrogen-bond acceptors (Lipinski definition) is 2. The molecule has 3 rings (SSSR count). The van der Waals surface area contributed by atoms with Gasteiger partial charge in [-0.05, 0) is 36.1 Å². The van der Waals surface area contributed by atoms with Crippen LogP contribution in [0.5, 0.6) is 5.75 Å². The van der Waals surface area contributed by atoms with E-state index in [0.29, 0.717) is 30.1 Å². The number of nitrogens with zero attached hydrogens (tertiary/aromatic N) is 1. The zero-order valence-corrected chi connectivity index (χ0v) is 14.9. The van der Waals surface area contributed by atoms with Crippen molar-refractivity contribution >= 4 is 5.91 Å². The summed E-state index contributed by atoms with van der Waals surface area (Å²) in [6.45, 7) is 6.69. The van der Waals surface area contributed by atoms with Gasteiger partial charge in [0, 0.05) is 17.8 Å². The van der Waals surface area contributed by atoms with Crippen molar-refractivity contribution in [1.29, 1.82) is 0 Å². The Bertz CT molecular complexity index is 825. The quantitative estimate of drug-likeness (QED) is 0.862. The lowest BCUT2D eigenvalue weighted by Crippen LogP contribution is -2.41. The molecule has 1 unspecified atom stereocenters. The van der Waals surface area contributed by atoms with E-state index in [1.807, 2.05) is 11.5 Å². The lowest BCUT2D eigenvalue weighted by Gasteiger charge is -2.31. The molecule has 0 fully saturated rings. The maximum absolute atomic E-state index is 12.5. The van der Waals surface area contributed by atoms with Crippen LogP contribution in [0.3, 0.4) is 0 Å². The Labute approximate surface area is 150 Å². The summed E-state index contributed by atoms with van der Waals surface area (Å²) in [6, 6.07) is 7.74. The van der Waals surface area contributed by atoms with E-state index >= 15 is 0 Å². The minimum absolute atomic E-state index is 0.112. The summed E-state index contributed by atoms with van der Waals surface area (Å²) < 4.78 is 43.6. The van der Waals surface area contributed by atoms with Crippen LogP contribution in [0, 0.1) is 5.92 Å². The third-order valence-electron chi connectivity index (χ3n) is 4.66. The number of halogens is 3. The zero-order chi connectivity index (χ0) is 19.1. The number of aromatic nitrogens is 1. The molecule has 0 radical (unpaired) electrons.